The molecule has 0 fully saturated rings. The van der Waals surface area contributed by atoms with Crippen molar-refractivity contribution in [2.75, 3.05) is 18.7 Å². The summed E-state index contributed by atoms with van der Waals surface area (Å²) < 4.78 is 10.1. The third-order valence-corrected chi connectivity index (χ3v) is 4.46. The summed E-state index contributed by atoms with van der Waals surface area (Å²) in [5.41, 5.74) is 2.37. The van der Waals surface area contributed by atoms with Crippen molar-refractivity contribution in [1.29, 1.82) is 0 Å². The molecule has 0 bridgehead atoms. The first-order chi connectivity index (χ1) is 13.9. The molecule has 2 aromatic carbocycles. The molecule has 3 N–H and O–H groups in total. The molecule has 0 saturated heterocycles. The molecular formula is C20H21Cl2N3O4. The van der Waals surface area contributed by atoms with E-state index >= 15 is 0 Å². The fourth-order valence-electron chi connectivity index (χ4n) is 2.18. The first kappa shape index (κ1) is 22.5. The fraction of sp³-hybridized carbons (Fsp3) is 0.200. The van der Waals surface area contributed by atoms with Gasteiger partial charge in [-0.15, -0.1) is 5.10 Å². The highest BCUT2D eigenvalue weighted by atomic mass is 35.5. The molecule has 29 heavy (non-hydrogen) atoms. The van der Waals surface area contributed by atoms with Crippen molar-refractivity contribution >= 4 is 40.5 Å². The average Bonchev–Trinajstić information content (AvgIpc) is 3.20. The van der Waals surface area contributed by atoms with Gasteiger partial charge in [0.25, 0.3) is 0 Å². The number of halogens is 2. The molecule has 0 spiro atoms. The Morgan fingerprint density at radius 3 is 2.59 bits per heavy atom. The minimum atomic E-state index is -0.485. The van der Waals surface area contributed by atoms with E-state index in [1.165, 1.54) is 6.07 Å². The molecule has 0 aliphatic heterocycles. The molecule has 1 heterocycles. The van der Waals surface area contributed by atoms with Crippen molar-refractivity contribution in [2.24, 2.45) is 0 Å². The number of nitrogens with one attached hydrogen (secondary N) is 2. The van der Waals surface area contributed by atoms with Crippen LogP contribution >= 0.6 is 23.2 Å². The average molecular weight is 438 g/mol. The number of carbonyl (C=O) groups excluding carboxylic acids is 1. The highest BCUT2D eigenvalue weighted by Crippen LogP contribution is 2.36. The van der Waals surface area contributed by atoms with Gasteiger partial charge in [0.2, 0.25) is 5.88 Å². The zero-order valence-electron chi connectivity index (χ0n) is 15.9. The Hall–Kier alpha value is -2.74. The lowest BCUT2D eigenvalue weighted by molar-refractivity contribution is -0.0273. The van der Waals surface area contributed by atoms with Crippen LogP contribution in [0.2, 0.25) is 10.0 Å². The number of ether oxygens (including phenoxy) is 2. The quantitative estimate of drug-likeness (QED) is 0.274. The third-order valence-electron chi connectivity index (χ3n) is 3.65. The van der Waals surface area contributed by atoms with Crippen molar-refractivity contribution in [1.82, 2.24) is 10.2 Å². The van der Waals surface area contributed by atoms with Crippen molar-refractivity contribution in [3.05, 3.63) is 69.8 Å². The predicted molar refractivity (Wildman–Crippen MR) is 113 cm³/mol. The first-order valence-corrected chi connectivity index (χ1v) is 9.43. The smallest absolute Gasteiger partial charge is 0.342 e. The molecule has 0 amide bonds. The topological polar surface area (TPSA) is 96.5 Å². The van der Waals surface area contributed by atoms with E-state index in [1.807, 2.05) is 19.9 Å². The molecule has 0 aliphatic carbocycles. The molecule has 0 aliphatic rings. The maximum Gasteiger partial charge on any atom is 0.342 e. The van der Waals surface area contributed by atoms with Crippen LogP contribution in [-0.2, 0) is 9.47 Å². The van der Waals surface area contributed by atoms with E-state index < -0.39 is 5.97 Å². The Morgan fingerprint density at radius 2 is 1.97 bits per heavy atom. The summed E-state index contributed by atoms with van der Waals surface area (Å²) in [6, 6.07) is 12.0. The van der Waals surface area contributed by atoms with Gasteiger partial charge in [-0.3, -0.25) is 5.10 Å². The highest BCUT2D eigenvalue weighted by molar-refractivity contribution is 6.39. The maximum atomic E-state index is 12.2. The maximum absolute atomic E-state index is 12.2. The second-order valence-electron chi connectivity index (χ2n) is 5.70. The predicted octanol–water partition coefficient (Wildman–Crippen LogP) is 5.31. The number of H-pyrrole nitrogens is 1. The lowest BCUT2D eigenvalue weighted by Crippen LogP contribution is -2.11. The van der Waals surface area contributed by atoms with Crippen LogP contribution in [0, 0.1) is 6.92 Å². The largest absolute Gasteiger partial charge is 0.492 e. The monoisotopic (exact) mass is 437 g/mol. The van der Waals surface area contributed by atoms with Crippen LogP contribution in [-0.4, -0.2) is 34.7 Å². The van der Waals surface area contributed by atoms with E-state index in [1.54, 1.807) is 36.5 Å². The number of esters is 1. The number of hydrogen-bond donors (Lipinski definition) is 3. The van der Waals surface area contributed by atoms with Gasteiger partial charge in [0.15, 0.2) is 6.79 Å². The molecule has 0 radical (unpaired) electrons. The number of aromatic hydroxyl groups is 1. The number of aromatic amines is 1. The van der Waals surface area contributed by atoms with E-state index in [-0.39, 0.29) is 12.7 Å². The Bertz CT molecular complexity index is 933. The molecule has 154 valence electrons. The molecular weight excluding hydrogens is 417 g/mol. The molecule has 3 rings (SSSR count). The molecule has 9 heteroatoms. The highest BCUT2D eigenvalue weighted by Gasteiger charge is 2.15. The fourth-order valence-corrected chi connectivity index (χ4v) is 2.65. The normalized spacial score (nSPS) is 10.1. The molecule has 3 aromatic rings. The number of anilines is 2. The summed E-state index contributed by atoms with van der Waals surface area (Å²) in [5, 5.41) is 18.2. The minimum absolute atomic E-state index is 0.0370. The van der Waals surface area contributed by atoms with Crippen LogP contribution in [0.5, 0.6) is 5.88 Å². The van der Waals surface area contributed by atoms with Crippen molar-refractivity contribution in [3.8, 4) is 5.88 Å². The summed E-state index contributed by atoms with van der Waals surface area (Å²) in [4.78, 5) is 12.2. The number of rotatable bonds is 6. The van der Waals surface area contributed by atoms with Crippen LogP contribution < -0.4 is 5.32 Å². The van der Waals surface area contributed by atoms with Crippen LogP contribution in [0.1, 0.15) is 22.8 Å². The Kier molecular flexibility index (Phi) is 8.79. The summed E-state index contributed by atoms with van der Waals surface area (Å²) in [7, 11) is 0. The molecule has 1 aromatic heterocycles. The second kappa shape index (κ2) is 11.3. The van der Waals surface area contributed by atoms with Gasteiger partial charge in [0.05, 0.1) is 27.0 Å². The second-order valence-corrected chi connectivity index (χ2v) is 6.48. The Labute approximate surface area is 178 Å². The number of hydrogen-bond acceptors (Lipinski definition) is 6. The van der Waals surface area contributed by atoms with Gasteiger partial charge in [-0.2, -0.15) is 0 Å². The van der Waals surface area contributed by atoms with Crippen molar-refractivity contribution in [3.63, 3.8) is 0 Å². The third kappa shape index (κ3) is 6.67. The van der Waals surface area contributed by atoms with Crippen molar-refractivity contribution < 1.29 is 19.4 Å². The molecule has 0 unspecified atom stereocenters. The van der Waals surface area contributed by atoms with Gasteiger partial charge < -0.3 is 19.9 Å². The van der Waals surface area contributed by atoms with Gasteiger partial charge in [-0.1, -0.05) is 41.4 Å². The zero-order valence-corrected chi connectivity index (χ0v) is 17.4. The van der Waals surface area contributed by atoms with E-state index in [2.05, 4.69) is 15.5 Å². The minimum Gasteiger partial charge on any atom is -0.492 e. The van der Waals surface area contributed by atoms with E-state index in [4.69, 9.17) is 37.8 Å². The summed E-state index contributed by atoms with van der Waals surface area (Å²) in [6.45, 7) is 4.09. The molecule has 0 atom stereocenters. The lowest BCUT2D eigenvalue weighted by Gasteiger charge is -2.15. The van der Waals surface area contributed by atoms with Crippen molar-refractivity contribution in [2.45, 2.75) is 13.8 Å². The Balaban J connectivity index is 0.000000426. The van der Waals surface area contributed by atoms with Gasteiger partial charge in [-0.25, -0.2) is 4.79 Å². The lowest BCUT2D eigenvalue weighted by atomic mass is 10.1. The number of aryl methyl sites for hydroxylation is 1. The number of para-hydroxylation sites is 1. The summed E-state index contributed by atoms with van der Waals surface area (Å²) in [6.07, 6.45) is 1.55. The number of aromatic nitrogens is 2. The summed E-state index contributed by atoms with van der Waals surface area (Å²) in [5.74, 6) is -0.448. The molecule has 7 nitrogen and oxygen atoms in total. The number of nitrogens with zero attached hydrogens (tertiary/aromatic N) is 1. The van der Waals surface area contributed by atoms with Crippen LogP contribution in [0.15, 0.2) is 48.7 Å². The van der Waals surface area contributed by atoms with E-state index in [9.17, 15) is 4.79 Å². The standard InChI is InChI=1S/C17H17Cl2NO3.C3H4N2O/c1-3-22-10-23-17(21)12-6-4-5-7-14(12)20-16-13(18)9-8-11(2)15(16)19;6-3-1-2-4-5-3/h4-9,20H,3,10H2,1-2H3;1-2H,(H2,4,5,6). The van der Waals surface area contributed by atoms with Crippen LogP contribution in [0.3, 0.4) is 0 Å². The van der Waals surface area contributed by atoms with Gasteiger partial charge >= 0.3 is 5.97 Å². The first-order valence-electron chi connectivity index (χ1n) is 8.68. The van der Waals surface area contributed by atoms with Gasteiger partial charge in [-0.05, 0) is 37.6 Å². The summed E-state index contributed by atoms with van der Waals surface area (Å²) >= 11 is 12.5. The van der Waals surface area contributed by atoms with E-state index in [0.29, 0.717) is 33.6 Å². The number of carbonyl (C=O) groups is 1. The van der Waals surface area contributed by atoms with E-state index in [0.717, 1.165) is 5.56 Å². The van der Waals surface area contributed by atoms with Gasteiger partial charge in [0.1, 0.15) is 0 Å². The van der Waals surface area contributed by atoms with Gasteiger partial charge in [0, 0.05) is 18.9 Å². The Morgan fingerprint density at radius 1 is 1.21 bits per heavy atom. The van der Waals surface area contributed by atoms with Crippen LogP contribution in [0.4, 0.5) is 11.4 Å². The number of benzene rings is 2. The van der Waals surface area contributed by atoms with Crippen LogP contribution in [0.25, 0.3) is 0 Å². The SMILES string of the molecule is CCOCOC(=O)c1ccccc1Nc1c(Cl)ccc(C)c1Cl.Oc1cc[nH]n1. The zero-order chi connectivity index (χ0) is 21.2. The molecule has 0 saturated carbocycles.